The maximum atomic E-state index is 13.2. The van der Waals surface area contributed by atoms with Crippen molar-refractivity contribution in [3.63, 3.8) is 0 Å². The molecule has 0 bridgehead atoms. The highest BCUT2D eigenvalue weighted by molar-refractivity contribution is 5.96. The highest BCUT2D eigenvalue weighted by Crippen LogP contribution is 2.29. The van der Waals surface area contributed by atoms with Crippen molar-refractivity contribution in [1.29, 1.82) is 0 Å². The molecular formula is C17H16FN3O. The standard InChI is InChI=1S/C17H16FN3O/c1-2-19-17(22)21-13-6-3-11(4-7-13)15-10-20-16-9-12(18)5-8-14(15)16/h3-10,20H,2H2,1H3,(H2,19,21,22). The van der Waals surface area contributed by atoms with Crippen LogP contribution in [0.1, 0.15) is 6.92 Å². The van der Waals surface area contributed by atoms with Gasteiger partial charge in [0.25, 0.3) is 0 Å². The van der Waals surface area contributed by atoms with Crippen LogP contribution >= 0.6 is 0 Å². The Kier molecular flexibility index (Phi) is 3.78. The summed E-state index contributed by atoms with van der Waals surface area (Å²) in [6.45, 7) is 2.44. The topological polar surface area (TPSA) is 56.9 Å². The van der Waals surface area contributed by atoms with Gasteiger partial charge in [0.1, 0.15) is 5.82 Å². The van der Waals surface area contributed by atoms with E-state index < -0.39 is 0 Å². The number of anilines is 1. The molecule has 3 rings (SSSR count). The van der Waals surface area contributed by atoms with E-state index in [-0.39, 0.29) is 11.8 Å². The zero-order valence-corrected chi connectivity index (χ0v) is 12.1. The lowest BCUT2D eigenvalue weighted by molar-refractivity contribution is 0.252. The Hall–Kier alpha value is -2.82. The monoisotopic (exact) mass is 297 g/mol. The van der Waals surface area contributed by atoms with Crippen molar-refractivity contribution in [2.75, 3.05) is 11.9 Å². The van der Waals surface area contributed by atoms with Crippen LogP contribution in [0, 0.1) is 5.82 Å². The van der Waals surface area contributed by atoms with Crippen molar-refractivity contribution in [2.24, 2.45) is 0 Å². The molecule has 22 heavy (non-hydrogen) atoms. The number of urea groups is 1. The molecule has 5 heteroatoms. The summed E-state index contributed by atoms with van der Waals surface area (Å²) in [5.74, 6) is -0.262. The first kappa shape index (κ1) is 14.1. The lowest BCUT2D eigenvalue weighted by Gasteiger charge is -2.06. The number of carbonyl (C=O) groups is 1. The molecule has 0 saturated heterocycles. The lowest BCUT2D eigenvalue weighted by Crippen LogP contribution is -2.28. The minimum atomic E-state index is -0.262. The van der Waals surface area contributed by atoms with Crippen molar-refractivity contribution in [1.82, 2.24) is 10.3 Å². The average molecular weight is 297 g/mol. The second-order valence-corrected chi connectivity index (χ2v) is 4.95. The Morgan fingerprint density at radius 3 is 2.68 bits per heavy atom. The van der Waals surface area contributed by atoms with E-state index in [1.807, 2.05) is 37.4 Å². The van der Waals surface area contributed by atoms with Gasteiger partial charge in [0.05, 0.1) is 0 Å². The van der Waals surface area contributed by atoms with Crippen molar-refractivity contribution >= 4 is 22.6 Å². The van der Waals surface area contributed by atoms with E-state index in [0.717, 1.165) is 27.7 Å². The van der Waals surface area contributed by atoms with Gasteiger partial charge in [-0.3, -0.25) is 0 Å². The molecule has 0 fully saturated rings. The number of fused-ring (bicyclic) bond motifs is 1. The molecular weight excluding hydrogens is 281 g/mol. The number of hydrogen-bond acceptors (Lipinski definition) is 1. The van der Waals surface area contributed by atoms with Crippen LogP contribution in [-0.2, 0) is 0 Å². The number of halogens is 1. The van der Waals surface area contributed by atoms with Crippen molar-refractivity contribution < 1.29 is 9.18 Å². The Morgan fingerprint density at radius 2 is 1.95 bits per heavy atom. The fourth-order valence-electron chi connectivity index (χ4n) is 2.41. The fourth-order valence-corrected chi connectivity index (χ4v) is 2.41. The number of aromatic nitrogens is 1. The smallest absolute Gasteiger partial charge is 0.319 e. The van der Waals surface area contributed by atoms with E-state index in [0.29, 0.717) is 6.54 Å². The summed E-state index contributed by atoms with van der Waals surface area (Å²) in [6, 6.07) is 12.0. The zero-order chi connectivity index (χ0) is 15.5. The Bertz CT molecular complexity index is 808. The van der Waals surface area contributed by atoms with E-state index in [1.54, 1.807) is 6.07 Å². The first-order valence-corrected chi connectivity index (χ1v) is 7.09. The summed E-state index contributed by atoms with van der Waals surface area (Å²) < 4.78 is 13.2. The van der Waals surface area contributed by atoms with Crippen molar-refractivity contribution in [3.8, 4) is 11.1 Å². The second-order valence-electron chi connectivity index (χ2n) is 4.95. The van der Waals surface area contributed by atoms with Crippen LogP contribution in [0.4, 0.5) is 14.9 Å². The van der Waals surface area contributed by atoms with E-state index in [4.69, 9.17) is 0 Å². The van der Waals surface area contributed by atoms with Crippen LogP contribution in [0.5, 0.6) is 0 Å². The minimum absolute atomic E-state index is 0.224. The van der Waals surface area contributed by atoms with Gasteiger partial charge in [0.15, 0.2) is 0 Å². The zero-order valence-electron chi connectivity index (χ0n) is 12.1. The van der Waals surface area contributed by atoms with Crippen molar-refractivity contribution in [3.05, 3.63) is 54.5 Å². The summed E-state index contributed by atoms with van der Waals surface area (Å²) in [5.41, 5.74) is 3.49. The van der Waals surface area contributed by atoms with Gasteiger partial charge >= 0.3 is 6.03 Å². The molecule has 112 valence electrons. The van der Waals surface area contributed by atoms with Crippen LogP contribution < -0.4 is 10.6 Å². The molecule has 0 radical (unpaired) electrons. The van der Waals surface area contributed by atoms with Gasteiger partial charge in [-0.15, -0.1) is 0 Å². The molecule has 0 saturated carbocycles. The molecule has 0 spiro atoms. The van der Waals surface area contributed by atoms with Crippen LogP contribution in [0.3, 0.4) is 0 Å². The predicted molar refractivity (Wildman–Crippen MR) is 86.4 cm³/mol. The number of amides is 2. The molecule has 1 aromatic heterocycles. The van der Waals surface area contributed by atoms with Gasteiger partial charge in [0, 0.05) is 34.9 Å². The van der Waals surface area contributed by atoms with Gasteiger partial charge in [-0.05, 0) is 42.8 Å². The van der Waals surface area contributed by atoms with Crippen molar-refractivity contribution in [2.45, 2.75) is 6.92 Å². The molecule has 4 nitrogen and oxygen atoms in total. The third-order valence-electron chi connectivity index (χ3n) is 3.43. The van der Waals surface area contributed by atoms with E-state index in [1.165, 1.54) is 12.1 Å². The van der Waals surface area contributed by atoms with Crippen LogP contribution in [0.15, 0.2) is 48.7 Å². The van der Waals surface area contributed by atoms with Gasteiger partial charge < -0.3 is 15.6 Å². The first-order valence-electron chi connectivity index (χ1n) is 7.09. The highest BCUT2D eigenvalue weighted by atomic mass is 19.1. The van der Waals surface area contributed by atoms with Crippen LogP contribution in [0.25, 0.3) is 22.0 Å². The number of aromatic amines is 1. The minimum Gasteiger partial charge on any atom is -0.360 e. The fraction of sp³-hybridized carbons (Fsp3) is 0.118. The normalized spacial score (nSPS) is 10.6. The third-order valence-corrected chi connectivity index (χ3v) is 3.43. The summed E-state index contributed by atoms with van der Waals surface area (Å²) in [6.07, 6.45) is 1.86. The summed E-state index contributed by atoms with van der Waals surface area (Å²) in [4.78, 5) is 14.5. The quantitative estimate of drug-likeness (QED) is 0.669. The molecule has 1 heterocycles. The lowest BCUT2D eigenvalue weighted by atomic mass is 10.0. The summed E-state index contributed by atoms with van der Waals surface area (Å²) in [7, 11) is 0. The number of carbonyl (C=O) groups excluding carboxylic acids is 1. The number of benzene rings is 2. The van der Waals surface area contributed by atoms with E-state index in [2.05, 4.69) is 15.6 Å². The number of nitrogens with one attached hydrogen (secondary N) is 3. The molecule has 2 aromatic carbocycles. The summed E-state index contributed by atoms with van der Waals surface area (Å²) in [5, 5.41) is 6.39. The van der Waals surface area contributed by atoms with Gasteiger partial charge in [-0.1, -0.05) is 12.1 Å². The van der Waals surface area contributed by atoms with Crippen LogP contribution in [0.2, 0.25) is 0 Å². The molecule has 3 N–H and O–H groups in total. The molecule has 0 unspecified atom stereocenters. The number of rotatable bonds is 3. The largest absolute Gasteiger partial charge is 0.360 e. The summed E-state index contributed by atoms with van der Waals surface area (Å²) >= 11 is 0. The number of hydrogen-bond donors (Lipinski definition) is 3. The molecule has 3 aromatic rings. The number of H-pyrrole nitrogens is 1. The van der Waals surface area contributed by atoms with Crippen LogP contribution in [-0.4, -0.2) is 17.6 Å². The Labute approximate surface area is 127 Å². The molecule has 0 aliphatic carbocycles. The van der Waals surface area contributed by atoms with Gasteiger partial charge in [0.2, 0.25) is 0 Å². The Morgan fingerprint density at radius 1 is 1.18 bits per heavy atom. The third kappa shape index (κ3) is 2.79. The molecule has 0 aliphatic heterocycles. The Balaban J connectivity index is 1.87. The molecule has 2 amide bonds. The second kappa shape index (κ2) is 5.89. The predicted octanol–water partition coefficient (Wildman–Crippen LogP) is 4.12. The first-order chi connectivity index (χ1) is 10.7. The SMILES string of the molecule is CCNC(=O)Nc1ccc(-c2c[nH]c3cc(F)ccc23)cc1. The maximum Gasteiger partial charge on any atom is 0.319 e. The van der Waals surface area contributed by atoms with Gasteiger partial charge in [-0.25, -0.2) is 9.18 Å². The molecule has 0 aliphatic rings. The average Bonchev–Trinajstić information content (AvgIpc) is 2.91. The molecule has 0 atom stereocenters. The highest BCUT2D eigenvalue weighted by Gasteiger charge is 2.07. The van der Waals surface area contributed by atoms with Gasteiger partial charge in [-0.2, -0.15) is 0 Å². The van der Waals surface area contributed by atoms with E-state index in [9.17, 15) is 9.18 Å². The maximum absolute atomic E-state index is 13.2. The van der Waals surface area contributed by atoms with E-state index >= 15 is 0 Å².